The third kappa shape index (κ3) is 1.91. The minimum absolute atomic E-state index is 0.552. The van der Waals surface area contributed by atoms with Gasteiger partial charge in [0.2, 0.25) is 0 Å². The van der Waals surface area contributed by atoms with E-state index >= 15 is 0 Å². The van der Waals surface area contributed by atoms with E-state index in [1.54, 1.807) is 0 Å². The molecule has 1 heteroatoms. The fraction of sp³-hybridized carbons (Fsp3) is 0.222. The van der Waals surface area contributed by atoms with Gasteiger partial charge in [-0.2, -0.15) is 0 Å². The molecule has 1 atom stereocenters. The third-order valence-corrected chi connectivity index (χ3v) is 4.19. The van der Waals surface area contributed by atoms with Crippen LogP contribution < -0.4 is 5.32 Å². The quantitative estimate of drug-likeness (QED) is 0.628. The Morgan fingerprint density at radius 3 is 2.26 bits per heavy atom. The summed E-state index contributed by atoms with van der Waals surface area (Å²) >= 11 is 0. The second-order valence-corrected chi connectivity index (χ2v) is 5.45. The molecule has 94 valence electrons. The molecule has 1 unspecified atom stereocenters. The van der Waals surface area contributed by atoms with Crippen molar-refractivity contribution >= 4 is 21.5 Å². The first kappa shape index (κ1) is 11.0. The Hall–Kier alpha value is -1.86. The number of fused-ring (bicyclic) bond motifs is 2. The van der Waals surface area contributed by atoms with E-state index in [9.17, 15) is 0 Å². The van der Waals surface area contributed by atoms with Gasteiger partial charge in [-0.3, -0.25) is 0 Å². The summed E-state index contributed by atoms with van der Waals surface area (Å²) in [7, 11) is 0. The molecule has 0 radical (unpaired) electrons. The zero-order chi connectivity index (χ0) is 12.7. The molecule has 1 aliphatic heterocycles. The molecule has 0 aliphatic carbocycles. The van der Waals surface area contributed by atoms with E-state index in [1.807, 2.05) is 0 Å². The van der Waals surface area contributed by atoms with E-state index in [4.69, 9.17) is 0 Å². The van der Waals surface area contributed by atoms with E-state index in [-0.39, 0.29) is 0 Å². The molecule has 0 amide bonds. The Morgan fingerprint density at radius 1 is 0.789 bits per heavy atom. The summed E-state index contributed by atoms with van der Waals surface area (Å²) in [6, 6.07) is 20.6. The lowest BCUT2D eigenvalue weighted by molar-refractivity contribution is 0.648. The van der Waals surface area contributed by atoms with Crippen molar-refractivity contribution < 1.29 is 0 Å². The lowest BCUT2D eigenvalue weighted by Crippen LogP contribution is -2.12. The van der Waals surface area contributed by atoms with Crippen molar-refractivity contribution in [2.45, 2.75) is 18.9 Å². The van der Waals surface area contributed by atoms with E-state index in [1.165, 1.54) is 39.9 Å². The molecule has 1 N–H and O–H groups in total. The Labute approximate surface area is 113 Å². The van der Waals surface area contributed by atoms with Gasteiger partial charge in [-0.05, 0) is 64.7 Å². The lowest BCUT2D eigenvalue weighted by atomic mass is 9.98. The molecule has 0 bridgehead atoms. The van der Waals surface area contributed by atoms with E-state index in [2.05, 4.69) is 59.9 Å². The fourth-order valence-corrected chi connectivity index (χ4v) is 3.14. The van der Waals surface area contributed by atoms with Crippen molar-refractivity contribution in [1.82, 2.24) is 5.32 Å². The molecule has 0 aromatic heterocycles. The van der Waals surface area contributed by atoms with Crippen LogP contribution in [0.5, 0.6) is 0 Å². The van der Waals surface area contributed by atoms with E-state index in [0.717, 1.165) is 6.54 Å². The molecule has 0 spiro atoms. The minimum atomic E-state index is 0.552. The number of rotatable bonds is 1. The zero-order valence-corrected chi connectivity index (χ0v) is 10.9. The van der Waals surface area contributed by atoms with Gasteiger partial charge in [0.25, 0.3) is 0 Å². The first-order chi connectivity index (χ1) is 9.40. The molecular formula is C18H17N. The van der Waals surface area contributed by atoms with Gasteiger partial charge in [-0.25, -0.2) is 0 Å². The SMILES string of the molecule is c1ccc2cc3cc(C4CCCN4)ccc3cc2c1. The third-order valence-electron chi connectivity index (χ3n) is 4.19. The van der Waals surface area contributed by atoms with Gasteiger partial charge in [-0.15, -0.1) is 0 Å². The highest BCUT2D eigenvalue weighted by Crippen LogP contribution is 2.28. The predicted molar refractivity (Wildman–Crippen MR) is 81.4 cm³/mol. The molecule has 1 heterocycles. The van der Waals surface area contributed by atoms with Gasteiger partial charge < -0.3 is 5.32 Å². The Morgan fingerprint density at radius 2 is 1.53 bits per heavy atom. The topological polar surface area (TPSA) is 12.0 Å². The second kappa shape index (κ2) is 4.36. The van der Waals surface area contributed by atoms with Crippen LogP contribution in [0.3, 0.4) is 0 Å². The highest BCUT2D eigenvalue weighted by atomic mass is 14.9. The van der Waals surface area contributed by atoms with Crippen LogP contribution in [0.25, 0.3) is 21.5 Å². The molecule has 3 aromatic carbocycles. The smallest absolute Gasteiger partial charge is 0.0320 e. The normalized spacial score (nSPS) is 19.3. The van der Waals surface area contributed by atoms with Crippen LogP contribution in [0.1, 0.15) is 24.4 Å². The molecule has 1 nitrogen and oxygen atoms in total. The average Bonchev–Trinajstić information content (AvgIpc) is 2.98. The second-order valence-electron chi connectivity index (χ2n) is 5.45. The maximum absolute atomic E-state index is 3.57. The van der Waals surface area contributed by atoms with Gasteiger partial charge in [-0.1, -0.05) is 36.4 Å². The van der Waals surface area contributed by atoms with Gasteiger partial charge in [0.15, 0.2) is 0 Å². The summed E-state index contributed by atoms with van der Waals surface area (Å²) in [6.45, 7) is 1.15. The molecule has 4 rings (SSSR count). The van der Waals surface area contributed by atoms with Gasteiger partial charge >= 0.3 is 0 Å². The van der Waals surface area contributed by atoms with E-state index in [0.29, 0.717) is 6.04 Å². The molecule has 1 aliphatic rings. The molecule has 3 aromatic rings. The van der Waals surface area contributed by atoms with E-state index < -0.39 is 0 Å². The van der Waals surface area contributed by atoms with Crippen LogP contribution in [0.4, 0.5) is 0 Å². The standard InChI is InChI=1S/C18H17N/c1-2-5-14-11-17-12-16(18-6-3-9-19-18)8-7-15(17)10-13(14)4-1/h1-2,4-5,7-8,10-12,18-19H,3,6,9H2. The number of hydrogen-bond acceptors (Lipinski definition) is 1. The fourth-order valence-electron chi connectivity index (χ4n) is 3.14. The first-order valence-electron chi connectivity index (χ1n) is 7.06. The van der Waals surface area contributed by atoms with Crippen molar-refractivity contribution in [3.8, 4) is 0 Å². The highest BCUT2D eigenvalue weighted by Gasteiger charge is 2.16. The van der Waals surface area contributed by atoms with Crippen LogP contribution >= 0.6 is 0 Å². The average molecular weight is 247 g/mol. The molecule has 1 fully saturated rings. The van der Waals surface area contributed by atoms with Gasteiger partial charge in [0, 0.05) is 6.04 Å². The van der Waals surface area contributed by atoms with Crippen molar-refractivity contribution in [3.05, 3.63) is 60.2 Å². The summed E-state index contributed by atoms with van der Waals surface area (Å²) in [5.41, 5.74) is 1.43. The summed E-state index contributed by atoms with van der Waals surface area (Å²) in [4.78, 5) is 0. The summed E-state index contributed by atoms with van der Waals surface area (Å²) in [5, 5.41) is 8.91. The van der Waals surface area contributed by atoms with Crippen LogP contribution in [0.2, 0.25) is 0 Å². The Bertz CT molecular complexity index is 739. The zero-order valence-electron chi connectivity index (χ0n) is 10.9. The van der Waals surface area contributed by atoms with Gasteiger partial charge in [0.05, 0.1) is 0 Å². The van der Waals surface area contributed by atoms with Crippen LogP contribution in [0, 0.1) is 0 Å². The first-order valence-corrected chi connectivity index (χ1v) is 7.06. The van der Waals surface area contributed by atoms with Crippen LogP contribution in [0.15, 0.2) is 54.6 Å². The van der Waals surface area contributed by atoms with Crippen molar-refractivity contribution in [3.63, 3.8) is 0 Å². The van der Waals surface area contributed by atoms with Crippen LogP contribution in [-0.4, -0.2) is 6.54 Å². The predicted octanol–water partition coefficient (Wildman–Crippen LogP) is 4.42. The maximum atomic E-state index is 3.57. The summed E-state index contributed by atoms with van der Waals surface area (Å²) in [6.07, 6.45) is 2.56. The lowest BCUT2D eigenvalue weighted by Gasteiger charge is -2.12. The molecule has 1 saturated heterocycles. The maximum Gasteiger partial charge on any atom is 0.0320 e. The molecule has 19 heavy (non-hydrogen) atoms. The molecule has 0 saturated carbocycles. The van der Waals surface area contributed by atoms with Crippen molar-refractivity contribution in [1.29, 1.82) is 0 Å². The van der Waals surface area contributed by atoms with Gasteiger partial charge in [0.1, 0.15) is 0 Å². The van der Waals surface area contributed by atoms with Crippen LogP contribution in [-0.2, 0) is 0 Å². The Balaban J connectivity index is 1.89. The number of benzene rings is 3. The monoisotopic (exact) mass is 247 g/mol. The van der Waals surface area contributed by atoms with Crippen molar-refractivity contribution in [2.24, 2.45) is 0 Å². The highest BCUT2D eigenvalue weighted by molar-refractivity contribution is 5.98. The Kier molecular flexibility index (Phi) is 2.52. The van der Waals surface area contributed by atoms with Crippen molar-refractivity contribution in [2.75, 3.05) is 6.54 Å². The number of hydrogen-bond donors (Lipinski definition) is 1. The summed E-state index contributed by atoms with van der Waals surface area (Å²) < 4.78 is 0. The minimum Gasteiger partial charge on any atom is -0.310 e. The largest absolute Gasteiger partial charge is 0.310 e. The molecular weight excluding hydrogens is 230 g/mol. The number of nitrogens with one attached hydrogen (secondary N) is 1. The summed E-state index contributed by atoms with van der Waals surface area (Å²) in [5.74, 6) is 0.